The van der Waals surface area contributed by atoms with Crippen LogP contribution in [0.5, 0.6) is 5.75 Å². The molecular weight excluding hydrogens is 314 g/mol. The number of hydrogen-bond acceptors (Lipinski definition) is 3. The molecule has 2 amide bonds. The molecule has 2 aromatic rings. The highest BCUT2D eigenvalue weighted by atomic mass is 16.5. The number of carbonyl (C=O) groups excluding carboxylic acids is 1. The van der Waals surface area contributed by atoms with Gasteiger partial charge in [-0.1, -0.05) is 44.2 Å². The minimum atomic E-state index is -0.579. The van der Waals surface area contributed by atoms with Crippen LogP contribution >= 0.6 is 0 Å². The summed E-state index contributed by atoms with van der Waals surface area (Å²) in [5, 5.41) is 2.59. The highest BCUT2D eigenvalue weighted by Crippen LogP contribution is 2.38. The number of nitrogens with one attached hydrogen (secondary N) is 1. The van der Waals surface area contributed by atoms with Crippen molar-refractivity contribution in [2.75, 3.05) is 18.4 Å². The predicted octanol–water partition coefficient (Wildman–Crippen LogP) is 3.56. The zero-order chi connectivity index (χ0) is 17.8. The molecule has 0 heterocycles. The number of ether oxygens (including phenoxy) is 1. The molecule has 2 aromatic carbocycles. The van der Waals surface area contributed by atoms with Crippen molar-refractivity contribution in [1.82, 2.24) is 4.90 Å². The fourth-order valence-corrected chi connectivity index (χ4v) is 3.63. The fraction of sp³-hybridized carbons (Fsp3) is 0.350. The van der Waals surface area contributed by atoms with Crippen molar-refractivity contribution in [2.45, 2.75) is 32.4 Å². The molecule has 1 aliphatic carbocycles. The van der Waals surface area contributed by atoms with E-state index >= 15 is 0 Å². The maximum atomic E-state index is 11.1. The van der Waals surface area contributed by atoms with Crippen molar-refractivity contribution in [3.05, 3.63) is 59.7 Å². The number of nitrogens with two attached hydrogens (primary N) is 1. The molecule has 0 radical (unpaired) electrons. The number of hydrogen-bond donors (Lipinski definition) is 2. The second kappa shape index (κ2) is 7.57. The summed E-state index contributed by atoms with van der Waals surface area (Å²) in [5.74, 6) is 0.727. The van der Waals surface area contributed by atoms with Gasteiger partial charge in [-0.25, -0.2) is 4.79 Å². The molecule has 0 saturated carbocycles. The van der Waals surface area contributed by atoms with E-state index in [-0.39, 0.29) is 6.10 Å². The summed E-state index contributed by atoms with van der Waals surface area (Å²) in [7, 11) is 0. The van der Waals surface area contributed by atoms with E-state index in [0.29, 0.717) is 11.7 Å². The van der Waals surface area contributed by atoms with E-state index in [1.807, 2.05) is 18.2 Å². The molecule has 1 aliphatic rings. The normalized spacial score (nSPS) is 18.8. The number of primary amides is 1. The van der Waals surface area contributed by atoms with Crippen LogP contribution in [0.3, 0.4) is 0 Å². The Morgan fingerprint density at radius 1 is 1.20 bits per heavy atom. The molecule has 0 bridgehead atoms. The zero-order valence-corrected chi connectivity index (χ0v) is 14.7. The molecule has 0 aliphatic heterocycles. The highest BCUT2D eigenvalue weighted by Gasteiger charge is 2.36. The number of nitrogens with zero attached hydrogens (tertiary/aromatic N) is 1. The first-order valence-electron chi connectivity index (χ1n) is 8.77. The number of amides is 2. The van der Waals surface area contributed by atoms with Gasteiger partial charge < -0.3 is 15.8 Å². The van der Waals surface area contributed by atoms with Crippen molar-refractivity contribution >= 4 is 11.7 Å². The molecule has 3 N–H and O–H groups in total. The summed E-state index contributed by atoms with van der Waals surface area (Å²) in [5.41, 5.74) is 8.42. The van der Waals surface area contributed by atoms with Crippen molar-refractivity contribution in [3.63, 3.8) is 0 Å². The van der Waals surface area contributed by atoms with Crippen LogP contribution in [0.25, 0.3) is 0 Å². The van der Waals surface area contributed by atoms with E-state index in [4.69, 9.17) is 10.5 Å². The maximum absolute atomic E-state index is 11.1. The lowest BCUT2D eigenvalue weighted by Gasteiger charge is -2.31. The summed E-state index contributed by atoms with van der Waals surface area (Å²) in [6, 6.07) is 15.6. The van der Waals surface area contributed by atoms with E-state index in [0.717, 1.165) is 25.3 Å². The third kappa shape index (κ3) is 3.77. The molecule has 0 saturated heterocycles. The van der Waals surface area contributed by atoms with E-state index in [9.17, 15) is 4.79 Å². The molecule has 0 spiro atoms. The number of anilines is 1. The number of urea groups is 1. The Labute approximate surface area is 148 Å². The first-order valence-corrected chi connectivity index (χ1v) is 8.77. The van der Waals surface area contributed by atoms with Crippen LogP contribution in [0.2, 0.25) is 0 Å². The highest BCUT2D eigenvalue weighted by molar-refractivity contribution is 5.87. The lowest BCUT2D eigenvalue weighted by Crippen LogP contribution is -2.39. The van der Waals surface area contributed by atoms with Crippen LogP contribution in [-0.4, -0.2) is 30.1 Å². The molecular formula is C20H25N3O2. The van der Waals surface area contributed by atoms with Gasteiger partial charge >= 0.3 is 6.03 Å². The van der Waals surface area contributed by atoms with Gasteiger partial charge in [-0.2, -0.15) is 0 Å². The van der Waals surface area contributed by atoms with Crippen molar-refractivity contribution in [3.8, 4) is 5.75 Å². The van der Waals surface area contributed by atoms with Gasteiger partial charge in [0.15, 0.2) is 0 Å². The molecule has 0 fully saturated rings. The average molecular weight is 339 g/mol. The summed E-state index contributed by atoms with van der Waals surface area (Å²) in [6.07, 6.45) is 0.960. The summed E-state index contributed by atoms with van der Waals surface area (Å²) in [4.78, 5) is 13.5. The molecule has 0 aromatic heterocycles. The van der Waals surface area contributed by atoms with Gasteiger partial charge in [0.1, 0.15) is 11.9 Å². The average Bonchev–Trinajstić information content (AvgIpc) is 2.94. The van der Waals surface area contributed by atoms with Crippen LogP contribution in [0.1, 0.15) is 31.1 Å². The van der Waals surface area contributed by atoms with Gasteiger partial charge in [0.05, 0.1) is 6.04 Å². The fourth-order valence-electron chi connectivity index (χ4n) is 3.63. The Kier molecular flexibility index (Phi) is 5.24. The lowest BCUT2D eigenvalue weighted by atomic mass is 10.1. The van der Waals surface area contributed by atoms with E-state index in [1.165, 1.54) is 11.1 Å². The second-order valence-electron chi connectivity index (χ2n) is 6.25. The predicted molar refractivity (Wildman–Crippen MR) is 99.9 cm³/mol. The maximum Gasteiger partial charge on any atom is 0.316 e. The molecule has 5 heteroatoms. The number of carbonyl (C=O) groups is 1. The molecule has 25 heavy (non-hydrogen) atoms. The minimum Gasteiger partial charge on any atom is -0.484 e. The third-order valence-corrected chi connectivity index (χ3v) is 4.79. The van der Waals surface area contributed by atoms with Crippen LogP contribution in [0.4, 0.5) is 10.5 Å². The summed E-state index contributed by atoms with van der Waals surface area (Å²) in [6.45, 7) is 6.33. The quantitative estimate of drug-likeness (QED) is 0.845. The Bertz CT molecular complexity index is 743. The number of fused-ring (bicyclic) bond motifs is 1. The Hall–Kier alpha value is -2.53. The van der Waals surface area contributed by atoms with Crippen molar-refractivity contribution < 1.29 is 9.53 Å². The Balaban J connectivity index is 1.88. The standard InChI is InChI=1S/C20H25N3O2/c1-3-23(4-2)18-12-14-8-5-6-11-17(14)19(18)25-16-10-7-9-15(13-16)22-20(21)24/h5-11,13,18-19H,3-4,12H2,1-2H3,(H3,21,22,24)/t18-,19-/m1/s1. The van der Waals surface area contributed by atoms with Gasteiger partial charge in [-0.15, -0.1) is 0 Å². The minimum absolute atomic E-state index is 0.0278. The topological polar surface area (TPSA) is 67.6 Å². The van der Waals surface area contributed by atoms with Gasteiger partial charge in [0.2, 0.25) is 0 Å². The largest absolute Gasteiger partial charge is 0.484 e. The molecule has 2 atom stereocenters. The molecule has 3 rings (SSSR count). The van der Waals surface area contributed by atoms with Crippen LogP contribution < -0.4 is 15.8 Å². The van der Waals surface area contributed by atoms with Crippen LogP contribution in [0, 0.1) is 0 Å². The zero-order valence-electron chi connectivity index (χ0n) is 14.7. The Morgan fingerprint density at radius 2 is 1.96 bits per heavy atom. The van der Waals surface area contributed by atoms with E-state index in [1.54, 1.807) is 6.07 Å². The first kappa shape index (κ1) is 17.3. The third-order valence-electron chi connectivity index (χ3n) is 4.79. The SMILES string of the molecule is CCN(CC)[C@@H]1Cc2ccccc2[C@H]1Oc1cccc(NC(N)=O)c1. The monoisotopic (exact) mass is 339 g/mol. The van der Waals surface area contributed by atoms with Crippen molar-refractivity contribution in [1.29, 1.82) is 0 Å². The first-order chi connectivity index (χ1) is 12.1. The molecule has 132 valence electrons. The van der Waals surface area contributed by atoms with Crippen LogP contribution in [0.15, 0.2) is 48.5 Å². The summed E-state index contributed by atoms with van der Waals surface area (Å²) < 4.78 is 6.39. The van der Waals surface area contributed by atoms with Crippen LogP contribution in [-0.2, 0) is 6.42 Å². The summed E-state index contributed by atoms with van der Waals surface area (Å²) >= 11 is 0. The van der Waals surface area contributed by atoms with Crippen molar-refractivity contribution in [2.24, 2.45) is 5.73 Å². The second-order valence-corrected chi connectivity index (χ2v) is 6.25. The van der Waals surface area contributed by atoms with E-state index < -0.39 is 6.03 Å². The number of benzene rings is 2. The molecule has 5 nitrogen and oxygen atoms in total. The van der Waals surface area contributed by atoms with Gasteiger partial charge in [0, 0.05) is 11.8 Å². The van der Waals surface area contributed by atoms with Gasteiger partial charge in [-0.05, 0) is 42.8 Å². The Morgan fingerprint density at radius 3 is 2.68 bits per heavy atom. The van der Waals surface area contributed by atoms with Gasteiger partial charge in [-0.3, -0.25) is 4.90 Å². The van der Waals surface area contributed by atoms with E-state index in [2.05, 4.69) is 48.3 Å². The number of rotatable bonds is 6. The number of likely N-dealkylation sites (N-methyl/N-ethyl adjacent to an activating group) is 1. The lowest BCUT2D eigenvalue weighted by molar-refractivity contribution is 0.0849. The van der Waals surface area contributed by atoms with Gasteiger partial charge in [0.25, 0.3) is 0 Å². The smallest absolute Gasteiger partial charge is 0.316 e. The molecule has 0 unspecified atom stereocenters.